The van der Waals surface area contributed by atoms with Crippen LogP contribution in [-0.4, -0.2) is 5.91 Å². The summed E-state index contributed by atoms with van der Waals surface area (Å²) in [5, 5.41) is 11.2. The average Bonchev–Trinajstić information content (AvgIpc) is 2.29. The standard InChI is InChI=1S/C12H12N2O/c1-9(8-13)12(15)14-10(2)11-6-4-3-5-7-11/h3-7,10H,1H2,2H3,(H,14,15)/t10-/m1/s1. The molecule has 0 fully saturated rings. The third-order valence-electron chi connectivity index (χ3n) is 2.06. The molecule has 0 bridgehead atoms. The van der Waals surface area contributed by atoms with Gasteiger partial charge in [0.2, 0.25) is 0 Å². The molecule has 0 heterocycles. The molecule has 0 aliphatic heterocycles. The van der Waals surface area contributed by atoms with E-state index >= 15 is 0 Å². The van der Waals surface area contributed by atoms with Gasteiger partial charge in [0.15, 0.2) is 0 Å². The van der Waals surface area contributed by atoms with Crippen molar-refractivity contribution in [3.05, 3.63) is 48.0 Å². The Hall–Kier alpha value is -2.08. The zero-order valence-corrected chi connectivity index (χ0v) is 8.53. The molecule has 0 saturated carbocycles. The van der Waals surface area contributed by atoms with E-state index in [0.717, 1.165) is 5.56 Å². The Bertz CT molecular complexity index is 403. The van der Waals surface area contributed by atoms with Gasteiger partial charge in [-0.1, -0.05) is 36.9 Å². The second-order valence-electron chi connectivity index (χ2n) is 3.20. The van der Waals surface area contributed by atoms with Crippen molar-refractivity contribution in [1.29, 1.82) is 5.26 Å². The molecule has 0 aromatic heterocycles. The lowest BCUT2D eigenvalue weighted by Gasteiger charge is -2.13. The minimum atomic E-state index is -0.422. The zero-order valence-electron chi connectivity index (χ0n) is 8.53. The first-order valence-electron chi connectivity index (χ1n) is 4.60. The summed E-state index contributed by atoms with van der Waals surface area (Å²) in [7, 11) is 0. The van der Waals surface area contributed by atoms with Gasteiger partial charge in [-0.2, -0.15) is 5.26 Å². The number of nitriles is 1. The minimum absolute atomic E-state index is 0.0715. The summed E-state index contributed by atoms with van der Waals surface area (Å²) >= 11 is 0. The molecule has 0 saturated heterocycles. The van der Waals surface area contributed by atoms with E-state index in [9.17, 15) is 4.79 Å². The number of amides is 1. The number of hydrogen-bond donors (Lipinski definition) is 1. The molecule has 1 atom stereocenters. The highest BCUT2D eigenvalue weighted by molar-refractivity contribution is 5.96. The number of rotatable bonds is 3. The van der Waals surface area contributed by atoms with Crippen molar-refractivity contribution in [2.24, 2.45) is 0 Å². The number of carbonyl (C=O) groups excluding carboxylic acids is 1. The fraction of sp³-hybridized carbons (Fsp3) is 0.167. The molecule has 3 heteroatoms. The largest absolute Gasteiger partial charge is 0.345 e. The first-order valence-corrected chi connectivity index (χ1v) is 4.60. The maximum atomic E-state index is 11.3. The molecule has 0 aliphatic rings. The van der Waals surface area contributed by atoms with Crippen LogP contribution < -0.4 is 5.32 Å². The lowest BCUT2D eigenvalue weighted by Crippen LogP contribution is -2.27. The van der Waals surface area contributed by atoms with Crippen molar-refractivity contribution in [2.45, 2.75) is 13.0 Å². The van der Waals surface area contributed by atoms with Gasteiger partial charge >= 0.3 is 0 Å². The third kappa shape index (κ3) is 2.96. The Labute approximate surface area is 89.0 Å². The van der Waals surface area contributed by atoms with Crippen LogP contribution in [0.3, 0.4) is 0 Å². The number of hydrogen-bond acceptors (Lipinski definition) is 2. The Morgan fingerprint density at radius 3 is 2.60 bits per heavy atom. The maximum Gasteiger partial charge on any atom is 0.261 e. The highest BCUT2D eigenvalue weighted by atomic mass is 16.1. The van der Waals surface area contributed by atoms with Crippen LogP contribution in [0.4, 0.5) is 0 Å². The van der Waals surface area contributed by atoms with E-state index in [-0.39, 0.29) is 11.6 Å². The molecule has 1 aromatic rings. The molecule has 76 valence electrons. The number of nitrogens with zero attached hydrogens (tertiary/aromatic N) is 1. The van der Waals surface area contributed by atoms with Crippen molar-refractivity contribution in [1.82, 2.24) is 5.32 Å². The molecule has 0 unspecified atom stereocenters. The fourth-order valence-electron chi connectivity index (χ4n) is 1.16. The number of benzene rings is 1. The van der Waals surface area contributed by atoms with Crippen molar-refractivity contribution < 1.29 is 4.79 Å². The molecule has 3 nitrogen and oxygen atoms in total. The predicted molar refractivity (Wildman–Crippen MR) is 57.8 cm³/mol. The fourth-order valence-corrected chi connectivity index (χ4v) is 1.16. The van der Waals surface area contributed by atoms with E-state index < -0.39 is 5.91 Å². The van der Waals surface area contributed by atoms with Crippen LogP contribution in [-0.2, 0) is 4.79 Å². The molecular weight excluding hydrogens is 188 g/mol. The molecule has 0 radical (unpaired) electrons. The summed E-state index contributed by atoms with van der Waals surface area (Å²) in [5.41, 5.74) is 0.925. The average molecular weight is 200 g/mol. The summed E-state index contributed by atoms with van der Waals surface area (Å²) in [6, 6.07) is 11.1. The number of nitrogens with one attached hydrogen (secondary N) is 1. The van der Waals surface area contributed by atoms with Gasteiger partial charge in [-0.25, -0.2) is 0 Å². The Morgan fingerprint density at radius 2 is 2.07 bits per heavy atom. The summed E-state index contributed by atoms with van der Waals surface area (Å²) in [6.07, 6.45) is 0. The first kappa shape index (κ1) is 11.0. The SMILES string of the molecule is C=C(C#N)C(=O)N[C@H](C)c1ccccc1. The first-order chi connectivity index (χ1) is 7.15. The van der Waals surface area contributed by atoms with Crippen LogP contribution in [0, 0.1) is 11.3 Å². The van der Waals surface area contributed by atoms with Crippen LogP contribution in [0.2, 0.25) is 0 Å². The molecule has 1 amide bonds. The Kier molecular flexibility index (Phi) is 3.64. The van der Waals surface area contributed by atoms with Crippen molar-refractivity contribution >= 4 is 5.91 Å². The highest BCUT2D eigenvalue weighted by Gasteiger charge is 2.10. The van der Waals surface area contributed by atoms with E-state index in [1.165, 1.54) is 0 Å². The van der Waals surface area contributed by atoms with E-state index in [2.05, 4.69) is 11.9 Å². The van der Waals surface area contributed by atoms with Crippen LogP contribution in [0.25, 0.3) is 0 Å². The second kappa shape index (κ2) is 4.97. The van der Waals surface area contributed by atoms with Gasteiger partial charge in [-0.15, -0.1) is 0 Å². The monoisotopic (exact) mass is 200 g/mol. The molecule has 15 heavy (non-hydrogen) atoms. The van der Waals surface area contributed by atoms with Gasteiger partial charge in [0, 0.05) is 0 Å². The van der Waals surface area contributed by atoms with Crippen molar-refractivity contribution in [3.8, 4) is 6.07 Å². The van der Waals surface area contributed by atoms with E-state index in [0.29, 0.717) is 0 Å². The van der Waals surface area contributed by atoms with Gasteiger partial charge in [0.25, 0.3) is 5.91 Å². The Morgan fingerprint density at radius 1 is 1.47 bits per heavy atom. The third-order valence-corrected chi connectivity index (χ3v) is 2.06. The summed E-state index contributed by atoms with van der Waals surface area (Å²) < 4.78 is 0. The summed E-state index contributed by atoms with van der Waals surface area (Å²) in [6.45, 7) is 5.21. The molecule has 1 N–H and O–H groups in total. The van der Waals surface area contributed by atoms with E-state index in [1.54, 1.807) is 6.07 Å². The van der Waals surface area contributed by atoms with E-state index in [1.807, 2.05) is 37.3 Å². The van der Waals surface area contributed by atoms with Gasteiger partial charge < -0.3 is 5.32 Å². The maximum absolute atomic E-state index is 11.3. The van der Waals surface area contributed by atoms with Crippen LogP contribution >= 0.6 is 0 Å². The summed E-state index contributed by atoms with van der Waals surface area (Å²) in [4.78, 5) is 11.3. The van der Waals surface area contributed by atoms with Gasteiger partial charge in [-0.3, -0.25) is 4.79 Å². The minimum Gasteiger partial charge on any atom is -0.345 e. The molecule has 1 rings (SSSR count). The van der Waals surface area contributed by atoms with Crippen LogP contribution in [0.5, 0.6) is 0 Å². The normalized spacial score (nSPS) is 11.2. The highest BCUT2D eigenvalue weighted by Crippen LogP contribution is 2.11. The van der Waals surface area contributed by atoms with E-state index in [4.69, 9.17) is 5.26 Å². The van der Waals surface area contributed by atoms with Gasteiger partial charge in [-0.05, 0) is 12.5 Å². The second-order valence-corrected chi connectivity index (χ2v) is 3.20. The lowest BCUT2D eigenvalue weighted by atomic mass is 10.1. The zero-order chi connectivity index (χ0) is 11.3. The lowest BCUT2D eigenvalue weighted by molar-refractivity contribution is -0.117. The van der Waals surface area contributed by atoms with Crippen molar-refractivity contribution in [3.63, 3.8) is 0 Å². The molecule has 0 spiro atoms. The molecular formula is C12H12N2O. The predicted octanol–water partition coefficient (Wildman–Crippen LogP) is 1.94. The molecule has 1 aromatic carbocycles. The Balaban J connectivity index is 2.65. The smallest absolute Gasteiger partial charge is 0.261 e. The van der Waals surface area contributed by atoms with Crippen LogP contribution in [0.1, 0.15) is 18.5 Å². The van der Waals surface area contributed by atoms with Crippen LogP contribution in [0.15, 0.2) is 42.5 Å². The number of carbonyl (C=O) groups is 1. The topological polar surface area (TPSA) is 52.9 Å². The van der Waals surface area contributed by atoms with Gasteiger partial charge in [0.1, 0.15) is 11.6 Å². The van der Waals surface area contributed by atoms with Gasteiger partial charge in [0.05, 0.1) is 6.04 Å². The molecule has 0 aliphatic carbocycles. The quantitative estimate of drug-likeness (QED) is 0.598. The van der Waals surface area contributed by atoms with Crippen molar-refractivity contribution in [2.75, 3.05) is 0 Å². The summed E-state index contributed by atoms with van der Waals surface area (Å²) in [5.74, 6) is -0.422.